The Morgan fingerprint density at radius 2 is 1.12 bits per heavy atom. The normalized spacial score (nSPS) is 11.2. The summed E-state index contributed by atoms with van der Waals surface area (Å²) in [4.78, 5) is -2.15. The minimum atomic E-state index is -5.15. The minimum absolute atomic E-state index is 0. The minimum Gasteiger partial charge on any atom is -0.744 e. The molecule has 0 unspecified atom stereocenters. The SMILES string of the molecule is O=S(=O)([O-])c1cc(S(=O)(=O)[O-])c(OCCO)cc1OCCO.[Na+].[Na+]. The molecule has 0 heterocycles. The van der Waals surface area contributed by atoms with Crippen LogP contribution in [0.15, 0.2) is 21.9 Å². The molecular weight excluding hydrogens is 390 g/mol. The zero-order chi connectivity index (χ0) is 17.0. The standard InChI is InChI=1S/C10H14O10S2.2Na/c11-1-3-19-7-5-8(20-4-2-12)10(22(16,17)18)6-9(7)21(13,14)15;;/h5-6,11-12H,1-4H2,(H,13,14,15)(H,16,17,18);;/q;2*+1/p-2. The molecule has 0 fully saturated rings. The monoisotopic (exact) mass is 402 g/mol. The molecule has 0 saturated carbocycles. The summed E-state index contributed by atoms with van der Waals surface area (Å²) in [6.07, 6.45) is 0. The van der Waals surface area contributed by atoms with E-state index in [2.05, 4.69) is 0 Å². The molecule has 0 amide bonds. The van der Waals surface area contributed by atoms with E-state index in [0.717, 1.165) is 6.07 Å². The van der Waals surface area contributed by atoms with E-state index >= 15 is 0 Å². The topological polar surface area (TPSA) is 173 Å². The quantitative estimate of drug-likeness (QED) is 0.314. The van der Waals surface area contributed by atoms with Gasteiger partial charge in [0.15, 0.2) is 0 Å². The Bertz CT molecular complexity index is 673. The van der Waals surface area contributed by atoms with Crippen molar-refractivity contribution in [2.24, 2.45) is 0 Å². The van der Waals surface area contributed by atoms with Crippen LogP contribution in [0.3, 0.4) is 0 Å². The van der Waals surface area contributed by atoms with Crippen molar-refractivity contribution in [2.45, 2.75) is 9.79 Å². The Morgan fingerprint density at radius 3 is 1.38 bits per heavy atom. The number of hydrogen-bond donors (Lipinski definition) is 2. The van der Waals surface area contributed by atoms with Gasteiger partial charge in [-0.25, -0.2) is 16.8 Å². The van der Waals surface area contributed by atoms with Crippen LogP contribution in [0.1, 0.15) is 0 Å². The molecule has 0 aromatic heterocycles. The van der Waals surface area contributed by atoms with Gasteiger partial charge in [0.1, 0.15) is 44.9 Å². The second kappa shape index (κ2) is 11.3. The molecule has 0 radical (unpaired) electrons. The van der Waals surface area contributed by atoms with Crippen molar-refractivity contribution in [3.63, 3.8) is 0 Å². The summed E-state index contributed by atoms with van der Waals surface area (Å²) >= 11 is 0. The van der Waals surface area contributed by atoms with Gasteiger partial charge < -0.3 is 28.8 Å². The molecule has 0 aliphatic rings. The number of benzene rings is 1. The fourth-order valence-corrected chi connectivity index (χ4v) is 2.78. The molecule has 0 atom stereocenters. The Balaban J connectivity index is 0. The van der Waals surface area contributed by atoms with E-state index in [1.165, 1.54) is 0 Å². The molecule has 126 valence electrons. The van der Waals surface area contributed by atoms with E-state index in [1.807, 2.05) is 0 Å². The summed E-state index contributed by atoms with van der Waals surface area (Å²) < 4.78 is 76.5. The van der Waals surface area contributed by atoms with Crippen molar-refractivity contribution in [3.8, 4) is 11.5 Å². The molecule has 0 bridgehead atoms. The van der Waals surface area contributed by atoms with Crippen molar-refractivity contribution in [3.05, 3.63) is 12.1 Å². The summed E-state index contributed by atoms with van der Waals surface area (Å²) in [6.45, 7) is -1.78. The molecule has 1 rings (SSSR count). The van der Waals surface area contributed by atoms with Gasteiger partial charge in [0.25, 0.3) is 0 Å². The Labute approximate surface area is 183 Å². The van der Waals surface area contributed by atoms with Crippen LogP contribution < -0.4 is 68.6 Å². The van der Waals surface area contributed by atoms with Crippen LogP contribution in [-0.4, -0.2) is 62.6 Å². The average Bonchev–Trinajstić information content (AvgIpc) is 2.39. The maximum Gasteiger partial charge on any atom is 1.00 e. The molecule has 0 aliphatic carbocycles. The molecule has 0 spiro atoms. The van der Waals surface area contributed by atoms with Gasteiger partial charge in [-0.1, -0.05) is 0 Å². The number of aliphatic hydroxyl groups excluding tert-OH is 2. The van der Waals surface area contributed by atoms with E-state index in [9.17, 15) is 25.9 Å². The van der Waals surface area contributed by atoms with Crippen LogP contribution in [-0.2, 0) is 20.2 Å². The van der Waals surface area contributed by atoms with Crippen molar-refractivity contribution in [1.29, 1.82) is 0 Å². The average molecular weight is 402 g/mol. The van der Waals surface area contributed by atoms with Gasteiger partial charge >= 0.3 is 59.1 Å². The second-order valence-corrected chi connectivity index (χ2v) is 6.49. The van der Waals surface area contributed by atoms with Gasteiger partial charge in [-0.3, -0.25) is 0 Å². The Hall–Kier alpha value is 0.560. The first-order valence-electron chi connectivity index (χ1n) is 5.68. The molecule has 0 aliphatic heterocycles. The first-order chi connectivity index (χ1) is 10.1. The third-order valence-electron chi connectivity index (χ3n) is 2.25. The zero-order valence-electron chi connectivity index (χ0n) is 13.0. The number of aliphatic hydroxyl groups is 2. The predicted octanol–water partition coefficient (Wildman–Crippen LogP) is -7.75. The maximum atomic E-state index is 11.1. The molecule has 0 saturated heterocycles. The van der Waals surface area contributed by atoms with Gasteiger partial charge in [-0.2, -0.15) is 0 Å². The molecular formula is C10H12Na2O10S2. The van der Waals surface area contributed by atoms with E-state index in [4.69, 9.17) is 19.7 Å². The number of hydrogen-bond acceptors (Lipinski definition) is 10. The fraction of sp³-hybridized carbons (Fsp3) is 0.400. The van der Waals surface area contributed by atoms with Crippen molar-refractivity contribution in [1.82, 2.24) is 0 Å². The van der Waals surface area contributed by atoms with Crippen LogP contribution in [0.5, 0.6) is 11.5 Å². The van der Waals surface area contributed by atoms with Crippen molar-refractivity contribution < 1.29 is 105 Å². The van der Waals surface area contributed by atoms with E-state index in [1.54, 1.807) is 0 Å². The van der Waals surface area contributed by atoms with Gasteiger partial charge in [-0.15, -0.1) is 0 Å². The summed E-state index contributed by atoms with van der Waals surface area (Å²) in [5, 5.41) is 17.3. The van der Waals surface area contributed by atoms with Gasteiger partial charge in [0.05, 0.1) is 23.0 Å². The summed E-state index contributed by atoms with van der Waals surface area (Å²) in [6, 6.07) is 1.05. The number of ether oxygens (including phenoxy) is 2. The first kappa shape index (κ1) is 26.8. The van der Waals surface area contributed by atoms with E-state index in [0.29, 0.717) is 6.07 Å². The third-order valence-corrected chi connectivity index (χ3v) is 3.96. The molecule has 14 heteroatoms. The summed E-state index contributed by atoms with van der Waals surface area (Å²) in [5.74, 6) is -1.16. The summed E-state index contributed by atoms with van der Waals surface area (Å²) in [5.41, 5.74) is 0. The Kier molecular flexibility index (Phi) is 12.6. The fourth-order valence-electron chi connectivity index (χ4n) is 1.45. The predicted molar refractivity (Wildman–Crippen MR) is 67.5 cm³/mol. The molecule has 1 aromatic carbocycles. The first-order valence-corrected chi connectivity index (χ1v) is 8.50. The van der Waals surface area contributed by atoms with Crippen LogP contribution in [0.4, 0.5) is 0 Å². The van der Waals surface area contributed by atoms with Crippen LogP contribution in [0, 0.1) is 0 Å². The van der Waals surface area contributed by atoms with Crippen LogP contribution >= 0.6 is 0 Å². The second-order valence-electron chi connectivity index (χ2n) is 3.80. The molecule has 2 N–H and O–H groups in total. The summed E-state index contributed by atoms with van der Waals surface area (Å²) in [7, 11) is -10.3. The maximum absolute atomic E-state index is 11.1. The molecule has 24 heavy (non-hydrogen) atoms. The Morgan fingerprint density at radius 1 is 0.792 bits per heavy atom. The third kappa shape index (κ3) is 7.85. The zero-order valence-corrected chi connectivity index (χ0v) is 18.6. The molecule has 10 nitrogen and oxygen atoms in total. The van der Waals surface area contributed by atoms with Gasteiger partial charge in [0.2, 0.25) is 0 Å². The smallest absolute Gasteiger partial charge is 0.744 e. The molecule has 1 aromatic rings. The van der Waals surface area contributed by atoms with Crippen molar-refractivity contribution in [2.75, 3.05) is 26.4 Å². The van der Waals surface area contributed by atoms with E-state index in [-0.39, 0.29) is 72.3 Å². The van der Waals surface area contributed by atoms with Crippen molar-refractivity contribution >= 4 is 20.2 Å². The largest absolute Gasteiger partial charge is 1.00 e. The van der Waals surface area contributed by atoms with Crippen LogP contribution in [0.2, 0.25) is 0 Å². The van der Waals surface area contributed by atoms with Gasteiger partial charge in [0, 0.05) is 6.07 Å². The van der Waals surface area contributed by atoms with Crippen LogP contribution in [0.25, 0.3) is 0 Å². The number of rotatable bonds is 8. The van der Waals surface area contributed by atoms with E-state index < -0.39 is 54.7 Å². The van der Waals surface area contributed by atoms with Gasteiger partial charge in [-0.05, 0) is 6.07 Å².